The minimum Gasteiger partial charge on any atom is -0.376 e. The van der Waals surface area contributed by atoms with Crippen molar-refractivity contribution in [2.24, 2.45) is 0 Å². The molecule has 7 nitrogen and oxygen atoms in total. The number of hydrogen-bond acceptors (Lipinski definition) is 7. The Morgan fingerprint density at radius 3 is 2.07 bits per heavy atom. The van der Waals surface area contributed by atoms with E-state index in [-0.39, 0.29) is 0 Å². The van der Waals surface area contributed by atoms with Gasteiger partial charge in [0.05, 0.1) is 24.6 Å². The number of benzene rings is 1. The van der Waals surface area contributed by atoms with Gasteiger partial charge in [0.25, 0.3) is 0 Å². The second kappa shape index (κ2) is 8.49. The van der Waals surface area contributed by atoms with Gasteiger partial charge in [0, 0.05) is 75.6 Å². The highest BCUT2D eigenvalue weighted by atomic mass is 16.5. The summed E-state index contributed by atoms with van der Waals surface area (Å²) in [6, 6.07) is 8.93. The lowest BCUT2D eigenvalue weighted by atomic mass is 10.0. The molecule has 0 unspecified atom stereocenters. The van der Waals surface area contributed by atoms with Crippen molar-refractivity contribution in [3.8, 4) is 11.3 Å². The van der Waals surface area contributed by atoms with Gasteiger partial charge in [0.1, 0.15) is 0 Å². The normalized spacial score (nSPS) is 21.0. The molecule has 2 aromatic rings. The molecule has 1 aromatic carbocycles. The van der Waals surface area contributed by atoms with E-state index in [2.05, 4.69) is 58.0 Å². The molecule has 2 saturated heterocycles. The van der Waals surface area contributed by atoms with E-state index in [9.17, 15) is 0 Å². The van der Waals surface area contributed by atoms with E-state index in [1.54, 1.807) is 0 Å². The van der Waals surface area contributed by atoms with Crippen LogP contribution in [-0.4, -0.2) is 92.8 Å². The van der Waals surface area contributed by atoms with E-state index in [1.807, 2.05) is 0 Å². The number of fused-ring (bicyclic) bond motifs is 1. The molecule has 4 heterocycles. The van der Waals surface area contributed by atoms with Crippen LogP contribution < -0.4 is 9.80 Å². The SMILES string of the molecule is CN1CCN(c2ccc(-c3nc(N4CCN(C)CC4)nc4c3COCC4)cc2)CC1. The molecule has 1 aromatic heterocycles. The highest BCUT2D eigenvalue weighted by Gasteiger charge is 2.24. The molecule has 0 aliphatic carbocycles. The Labute approximate surface area is 179 Å². The van der Waals surface area contributed by atoms with Crippen molar-refractivity contribution < 1.29 is 4.74 Å². The topological polar surface area (TPSA) is 48.0 Å². The number of anilines is 2. The molecule has 7 heteroatoms. The van der Waals surface area contributed by atoms with Gasteiger partial charge in [-0.1, -0.05) is 12.1 Å². The van der Waals surface area contributed by atoms with Crippen molar-refractivity contribution in [3.63, 3.8) is 0 Å². The van der Waals surface area contributed by atoms with Crippen LogP contribution in [0.25, 0.3) is 11.3 Å². The van der Waals surface area contributed by atoms with E-state index in [4.69, 9.17) is 14.7 Å². The lowest BCUT2D eigenvalue weighted by molar-refractivity contribution is 0.109. The standard InChI is InChI=1S/C23H32N6O/c1-26-8-12-28(13-9-26)19-5-3-18(4-6-19)22-20-17-30-16-7-21(20)24-23(25-22)29-14-10-27(2)11-15-29/h3-6H,7-17H2,1-2H3. The van der Waals surface area contributed by atoms with Crippen LogP contribution in [0.4, 0.5) is 11.6 Å². The van der Waals surface area contributed by atoms with Crippen LogP contribution in [0, 0.1) is 0 Å². The van der Waals surface area contributed by atoms with Crippen LogP contribution in [0.3, 0.4) is 0 Å². The van der Waals surface area contributed by atoms with E-state index in [0.717, 1.165) is 93.8 Å². The maximum absolute atomic E-state index is 5.77. The molecule has 3 aliphatic rings. The monoisotopic (exact) mass is 408 g/mol. The first kappa shape index (κ1) is 19.7. The van der Waals surface area contributed by atoms with Gasteiger partial charge in [-0.05, 0) is 26.2 Å². The Bertz CT molecular complexity index is 870. The van der Waals surface area contributed by atoms with Crippen molar-refractivity contribution >= 4 is 11.6 Å². The van der Waals surface area contributed by atoms with Crippen molar-refractivity contribution in [2.75, 3.05) is 82.9 Å². The molecular formula is C23H32N6O. The van der Waals surface area contributed by atoms with E-state index < -0.39 is 0 Å². The summed E-state index contributed by atoms with van der Waals surface area (Å²) >= 11 is 0. The minimum atomic E-state index is 0.605. The number of rotatable bonds is 3. The molecular weight excluding hydrogens is 376 g/mol. The largest absolute Gasteiger partial charge is 0.376 e. The molecule has 0 amide bonds. The first-order chi connectivity index (χ1) is 14.7. The summed E-state index contributed by atoms with van der Waals surface area (Å²) in [4.78, 5) is 19.6. The Morgan fingerprint density at radius 1 is 0.767 bits per heavy atom. The van der Waals surface area contributed by atoms with Gasteiger partial charge in [-0.3, -0.25) is 0 Å². The Kier molecular flexibility index (Phi) is 5.58. The zero-order chi connectivity index (χ0) is 20.5. The average Bonchev–Trinajstić information content (AvgIpc) is 2.79. The molecule has 0 saturated carbocycles. The quantitative estimate of drug-likeness (QED) is 0.766. The third-order valence-corrected chi connectivity index (χ3v) is 6.61. The van der Waals surface area contributed by atoms with Crippen molar-refractivity contribution in [2.45, 2.75) is 13.0 Å². The Balaban J connectivity index is 1.44. The lowest BCUT2D eigenvalue weighted by Gasteiger charge is -2.34. The first-order valence-corrected chi connectivity index (χ1v) is 11.1. The molecule has 0 bridgehead atoms. The fourth-order valence-electron chi connectivity index (χ4n) is 4.50. The molecule has 3 aliphatic heterocycles. The van der Waals surface area contributed by atoms with Crippen LogP contribution in [-0.2, 0) is 17.8 Å². The highest BCUT2D eigenvalue weighted by molar-refractivity contribution is 5.68. The van der Waals surface area contributed by atoms with Crippen molar-refractivity contribution in [1.29, 1.82) is 0 Å². The minimum absolute atomic E-state index is 0.605. The molecule has 0 atom stereocenters. The van der Waals surface area contributed by atoms with Crippen LogP contribution in [0.15, 0.2) is 24.3 Å². The van der Waals surface area contributed by atoms with Gasteiger partial charge < -0.3 is 24.3 Å². The smallest absolute Gasteiger partial charge is 0.226 e. The number of nitrogens with zero attached hydrogens (tertiary/aromatic N) is 6. The third kappa shape index (κ3) is 4.02. The van der Waals surface area contributed by atoms with Crippen molar-refractivity contribution in [3.05, 3.63) is 35.5 Å². The number of likely N-dealkylation sites (N-methyl/N-ethyl adjacent to an activating group) is 2. The number of piperazine rings is 2. The van der Waals surface area contributed by atoms with Gasteiger partial charge in [0.15, 0.2) is 0 Å². The second-order valence-corrected chi connectivity index (χ2v) is 8.73. The van der Waals surface area contributed by atoms with Gasteiger partial charge in [0.2, 0.25) is 5.95 Å². The van der Waals surface area contributed by atoms with Gasteiger partial charge in [-0.2, -0.15) is 0 Å². The Hall–Kier alpha value is -2.22. The third-order valence-electron chi connectivity index (χ3n) is 6.61. The number of aromatic nitrogens is 2. The van der Waals surface area contributed by atoms with E-state index in [1.165, 1.54) is 5.69 Å². The van der Waals surface area contributed by atoms with Crippen molar-refractivity contribution in [1.82, 2.24) is 19.8 Å². The maximum atomic E-state index is 5.77. The predicted octanol–water partition coefficient (Wildman–Crippen LogP) is 1.72. The number of hydrogen-bond donors (Lipinski definition) is 0. The summed E-state index contributed by atoms with van der Waals surface area (Å²) in [7, 11) is 4.37. The first-order valence-electron chi connectivity index (χ1n) is 11.1. The molecule has 0 spiro atoms. The van der Waals surface area contributed by atoms with Crippen LogP contribution in [0.5, 0.6) is 0 Å². The summed E-state index contributed by atoms with van der Waals surface area (Å²) in [5.74, 6) is 0.877. The van der Waals surface area contributed by atoms with Gasteiger partial charge in [-0.15, -0.1) is 0 Å². The molecule has 30 heavy (non-hydrogen) atoms. The zero-order valence-electron chi connectivity index (χ0n) is 18.2. The highest BCUT2D eigenvalue weighted by Crippen LogP contribution is 2.31. The molecule has 5 rings (SSSR count). The predicted molar refractivity (Wildman–Crippen MR) is 120 cm³/mol. The van der Waals surface area contributed by atoms with Gasteiger partial charge >= 0.3 is 0 Å². The molecule has 2 fully saturated rings. The summed E-state index contributed by atoms with van der Waals surface area (Å²) in [5.41, 5.74) is 5.81. The molecule has 0 radical (unpaired) electrons. The van der Waals surface area contributed by atoms with E-state index >= 15 is 0 Å². The summed E-state index contributed by atoms with van der Waals surface area (Å²) in [6.07, 6.45) is 0.866. The fraction of sp³-hybridized carbons (Fsp3) is 0.565. The second-order valence-electron chi connectivity index (χ2n) is 8.73. The summed E-state index contributed by atoms with van der Waals surface area (Å²) in [5, 5.41) is 0. The van der Waals surface area contributed by atoms with Crippen LogP contribution >= 0.6 is 0 Å². The van der Waals surface area contributed by atoms with Crippen LogP contribution in [0.2, 0.25) is 0 Å². The van der Waals surface area contributed by atoms with E-state index in [0.29, 0.717) is 6.61 Å². The average molecular weight is 409 g/mol. The van der Waals surface area contributed by atoms with Crippen LogP contribution in [0.1, 0.15) is 11.3 Å². The zero-order valence-corrected chi connectivity index (χ0v) is 18.2. The molecule has 160 valence electrons. The summed E-state index contributed by atoms with van der Waals surface area (Å²) < 4.78 is 5.77. The summed E-state index contributed by atoms with van der Waals surface area (Å²) in [6.45, 7) is 9.82. The number of ether oxygens (including phenoxy) is 1. The van der Waals surface area contributed by atoms with Gasteiger partial charge in [-0.25, -0.2) is 9.97 Å². The fourth-order valence-corrected chi connectivity index (χ4v) is 4.50. The maximum Gasteiger partial charge on any atom is 0.226 e. The molecule has 0 N–H and O–H groups in total. The lowest BCUT2D eigenvalue weighted by Crippen LogP contribution is -2.45. The Morgan fingerprint density at radius 2 is 1.40 bits per heavy atom.